The van der Waals surface area contributed by atoms with Gasteiger partial charge in [0.05, 0.1) is 13.0 Å². The number of nitrogens with one attached hydrogen (secondary N) is 1. The van der Waals surface area contributed by atoms with Crippen LogP contribution in [-0.2, 0) is 28.8 Å². The van der Waals surface area contributed by atoms with Gasteiger partial charge in [-0.1, -0.05) is 18.2 Å². The van der Waals surface area contributed by atoms with Crippen LogP contribution in [0.2, 0.25) is 0 Å². The zero-order valence-electron chi connectivity index (χ0n) is 14.9. The van der Waals surface area contributed by atoms with E-state index in [9.17, 15) is 4.79 Å². The molecule has 2 aliphatic rings. The van der Waals surface area contributed by atoms with Crippen LogP contribution in [0, 0.1) is 5.92 Å². The Balaban J connectivity index is 1.37. The van der Waals surface area contributed by atoms with E-state index in [4.69, 9.17) is 4.74 Å². The average molecular weight is 330 g/mol. The Bertz CT molecular complexity index is 551. The summed E-state index contributed by atoms with van der Waals surface area (Å²) in [5.41, 5.74) is 4.07. The van der Waals surface area contributed by atoms with Crippen LogP contribution < -0.4 is 5.32 Å². The first-order chi connectivity index (χ1) is 11.7. The van der Waals surface area contributed by atoms with Crippen LogP contribution in [-0.4, -0.2) is 50.7 Å². The Morgan fingerprint density at radius 3 is 2.83 bits per heavy atom. The molecule has 0 unspecified atom stereocenters. The maximum Gasteiger partial charge on any atom is 0.224 e. The molecule has 24 heavy (non-hydrogen) atoms. The molecule has 1 aliphatic carbocycles. The maximum absolute atomic E-state index is 12.2. The molecular weight excluding hydrogens is 300 g/mol. The van der Waals surface area contributed by atoms with Crippen LogP contribution in [0.4, 0.5) is 0 Å². The van der Waals surface area contributed by atoms with Gasteiger partial charge in [0.25, 0.3) is 0 Å². The average Bonchev–Trinajstić information content (AvgIpc) is 3.07. The number of methoxy groups -OCH3 is 1. The smallest absolute Gasteiger partial charge is 0.224 e. The number of likely N-dealkylation sites (tertiary alicyclic amines) is 1. The van der Waals surface area contributed by atoms with Gasteiger partial charge in [-0.3, -0.25) is 4.79 Å². The van der Waals surface area contributed by atoms with Crippen molar-refractivity contribution in [1.82, 2.24) is 10.2 Å². The van der Waals surface area contributed by atoms with Crippen molar-refractivity contribution in [2.75, 3.05) is 39.9 Å². The SMILES string of the molecule is COCCN1CCC(CNC(=O)Cc2ccc3c(c2)CCC3)CC1. The van der Waals surface area contributed by atoms with Crippen LogP contribution in [0.25, 0.3) is 0 Å². The summed E-state index contributed by atoms with van der Waals surface area (Å²) in [5, 5.41) is 3.14. The van der Waals surface area contributed by atoms with Crippen molar-refractivity contribution in [3.63, 3.8) is 0 Å². The summed E-state index contributed by atoms with van der Waals surface area (Å²) in [6.45, 7) is 4.89. The molecule has 1 fully saturated rings. The van der Waals surface area contributed by atoms with Gasteiger partial charge < -0.3 is 15.0 Å². The number of carbonyl (C=O) groups is 1. The van der Waals surface area contributed by atoms with Crippen molar-refractivity contribution in [1.29, 1.82) is 0 Å². The van der Waals surface area contributed by atoms with Crippen LogP contribution in [0.15, 0.2) is 18.2 Å². The third-order valence-corrected chi connectivity index (χ3v) is 5.43. The quantitative estimate of drug-likeness (QED) is 0.833. The Morgan fingerprint density at radius 1 is 1.25 bits per heavy atom. The molecule has 1 aromatic rings. The number of piperidine rings is 1. The molecule has 1 amide bonds. The lowest BCUT2D eigenvalue weighted by Crippen LogP contribution is -2.40. The first kappa shape index (κ1) is 17.4. The van der Waals surface area contributed by atoms with Crippen molar-refractivity contribution in [2.24, 2.45) is 5.92 Å². The lowest BCUT2D eigenvalue weighted by Gasteiger charge is -2.31. The van der Waals surface area contributed by atoms with E-state index in [1.807, 2.05) is 0 Å². The maximum atomic E-state index is 12.2. The van der Waals surface area contributed by atoms with Gasteiger partial charge in [0.15, 0.2) is 0 Å². The van der Waals surface area contributed by atoms with E-state index in [0.717, 1.165) is 38.3 Å². The molecule has 0 atom stereocenters. The third kappa shape index (κ3) is 4.81. The minimum Gasteiger partial charge on any atom is -0.383 e. The molecule has 1 N–H and O–H groups in total. The number of fused-ring (bicyclic) bond motifs is 1. The zero-order valence-corrected chi connectivity index (χ0v) is 14.9. The molecule has 1 saturated heterocycles. The van der Waals surface area contributed by atoms with E-state index in [1.165, 1.54) is 43.2 Å². The van der Waals surface area contributed by atoms with E-state index < -0.39 is 0 Å². The molecule has 4 heteroatoms. The highest BCUT2D eigenvalue weighted by Gasteiger charge is 2.19. The lowest BCUT2D eigenvalue weighted by molar-refractivity contribution is -0.120. The van der Waals surface area contributed by atoms with Gasteiger partial charge in [-0.25, -0.2) is 0 Å². The van der Waals surface area contributed by atoms with Gasteiger partial charge >= 0.3 is 0 Å². The second-order valence-electron chi connectivity index (χ2n) is 7.22. The fraction of sp³-hybridized carbons (Fsp3) is 0.650. The number of benzene rings is 1. The first-order valence-electron chi connectivity index (χ1n) is 9.33. The Kier molecular flexibility index (Phi) is 6.27. The number of hydrogen-bond acceptors (Lipinski definition) is 3. The Morgan fingerprint density at radius 2 is 2.04 bits per heavy atom. The number of carbonyl (C=O) groups excluding carboxylic acids is 1. The molecule has 132 valence electrons. The molecule has 0 radical (unpaired) electrons. The number of hydrogen-bond donors (Lipinski definition) is 1. The number of amides is 1. The number of ether oxygens (including phenoxy) is 1. The molecule has 3 rings (SSSR count). The van der Waals surface area contributed by atoms with E-state index >= 15 is 0 Å². The summed E-state index contributed by atoms with van der Waals surface area (Å²) >= 11 is 0. The van der Waals surface area contributed by atoms with Crippen LogP contribution in [0.5, 0.6) is 0 Å². The lowest BCUT2D eigenvalue weighted by atomic mass is 9.96. The van der Waals surface area contributed by atoms with Gasteiger partial charge in [-0.05, 0) is 67.8 Å². The van der Waals surface area contributed by atoms with Crippen LogP contribution in [0.1, 0.15) is 36.0 Å². The van der Waals surface area contributed by atoms with Crippen molar-refractivity contribution in [3.05, 3.63) is 34.9 Å². The molecule has 1 aliphatic heterocycles. The van der Waals surface area contributed by atoms with Crippen molar-refractivity contribution < 1.29 is 9.53 Å². The fourth-order valence-electron chi connectivity index (χ4n) is 3.88. The van der Waals surface area contributed by atoms with E-state index in [1.54, 1.807) is 7.11 Å². The Hall–Kier alpha value is -1.39. The van der Waals surface area contributed by atoms with Gasteiger partial charge in [0.1, 0.15) is 0 Å². The van der Waals surface area contributed by atoms with E-state index in [2.05, 4.69) is 28.4 Å². The second kappa shape index (κ2) is 8.63. The highest BCUT2D eigenvalue weighted by Crippen LogP contribution is 2.23. The predicted molar refractivity (Wildman–Crippen MR) is 96.2 cm³/mol. The molecule has 0 aromatic heterocycles. The highest BCUT2D eigenvalue weighted by molar-refractivity contribution is 5.78. The minimum absolute atomic E-state index is 0.162. The first-order valence-corrected chi connectivity index (χ1v) is 9.33. The van der Waals surface area contributed by atoms with Crippen molar-refractivity contribution in [3.8, 4) is 0 Å². The summed E-state index contributed by atoms with van der Waals surface area (Å²) in [4.78, 5) is 14.7. The second-order valence-corrected chi connectivity index (χ2v) is 7.22. The summed E-state index contributed by atoms with van der Waals surface area (Å²) < 4.78 is 5.14. The van der Waals surface area contributed by atoms with E-state index in [-0.39, 0.29) is 5.91 Å². The predicted octanol–water partition coefficient (Wildman–Crippen LogP) is 2.19. The summed E-state index contributed by atoms with van der Waals surface area (Å²) in [6.07, 6.45) is 6.48. The topological polar surface area (TPSA) is 41.6 Å². The minimum atomic E-state index is 0.162. The standard InChI is InChI=1S/C20H30N2O2/c1-24-12-11-22-9-7-16(8-10-22)15-21-20(23)14-17-5-6-18-3-2-4-19(18)13-17/h5-6,13,16H,2-4,7-12,14-15H2,1H3,(H,21,23). The van der Waals surface area contributed by atoms with Crippen molar-refractivity contribution >= 4 is 5.91 Å². The largest absolute Gasteiger partial charge is 0.383 e. The van der Waals surface area contributed by atoms with Gasteiger partial charge in [-0.15, -0.1) is 0 Å². The molecule has 0 bridgehead atoms. The molecule has 1 aromatic carbocycles. The van der Waals surface area contributed by atoms with E-state index in [0.29, 0.717) is 12.3 Å². The number of aryl methyl sites for hydroxylation is 2. The Labute approximate surface area is 145 Å². The van der Waals surface area contributed by atoms with Crippen LogP contribution >= 0.6 is 0 Å². The number of rotatable bonds is 7. The summed E-state index contributed by atoms with van der Waals surface area (Å²) in [5.74, 6) is 0.780. The van der Waals surface area contributed by atoms with Gasteiger partial charge in [0.2, 0.25) is 5.91 Å². The zero-order chi connectivity index (χ0) is 16.8. The van der Waals surface area contributed by atoms with Crippen molar-refractivity contribution in [2.45, 2.75) is 38.5 Å². The third-order valence-electron chi connectivity index (χ3n) is 5.43. The summed E-state index contributed by atoms with van der Waals surface area (Å²) in [7, 11) is 1.75. The summed E-state index contributed by atoms with van der Waals surface area (Å²) in [6, 6.07) is 6.56. The normalized spacial score (nSPS) is 18.5. The molecule has 1 heterocycles. The highest BCUT2D eigenvalue weighted by atomic mass is 16.5. The molecule has 4 nitrogen and oxygen atoms in total. The fourth-order valence-corrected chi connectivity index (χ4v) is 3.88. The molecule has 0 saturated carbocycles. The number of nitrogens with zero attached hydrogens (tertiary/aromatic N) is 1. The van der Waals surface area contributed by atoms with Crippen LogP contribution in [0.3, 0.4) is 0 Å². The molecular formula is C20H30N2O2. The van der Waals surface area contributed by atoms with Gasteiger partial charge in [-0.2, -0.15) is 0 Å². The molecule has 0 spiro atoms. The monoisotopic (exact) mass is 330 g/mol. The van der Waals surface area contributed by atoms with Gasteiger partial charge in [0, 0.05) is 20.2 Å².